The zero-order valence-corrected chi connectivity index (χ0v) is 19.3. The van der Waals surface area contributed by atoms with Crippen molar-refractivity contribution in [3.63, 3.8) is 0 Å². The number of rotatable bonds is 7. The summed E-state index contributed by atoms with van der Waals surface area (Å²) >= 11 is 2.48. The number of amides is 2. The number of nitrogens with zero attached hydrogens (tertiary/aromatic N) is 3. The highest BCUT2D eigenvalue weighted by atomic mass is 32.2. The van der Waals surface area contributed by atoms with Gasteiger partial charge in [0, 0.05) is 13.2 Å². The number of aromatic nitrogens is 3. The fraction of sp³-hybridized carbons (Fsp3) is 0.136. The minimum Gasteiger partial charge on any atom is -0.495 e. The summed E-state index contributed by atoms with van der Waals surface area (Å²) in [5.74, 6) is -0.367. The zero-order chi connectivity index (χ0) is 23.4. The monoisotopic (exact) mass is 481 g/mol. The minimum atomic E-state index is -0.599. The molecule has 4 aromatic rings. The summed E-state index contributed by atoms with van der Waals surface area (Å²) in [6.07, 6.45) is 1.21. The van der Waals surface area contributed by atoms with Crippen molar-refractivity contribution in [2.24, 2.45) is 7.05 Å². The van der Waals surface area contributed by atoms with Gasteiger partial charge in [0.1, 0.15) is 11.3 Å². The number of hydrogen-bond donors (Lipinski definition) is 2. The van der Waals surface area contributed by atoms with E-state index in [-0.39, 0.29) is 17.2 Å². The van der Waals surface area contributed by atoms with Gasteiger partial charge in [0.2, 0.25) is 5.91 Å². The summed E-state index contributed by atoms with van der Waals surface area (Å²) in [5.41, 5.74) is 0.617. The summed E-state index contributed by atoms with van der Waals surface area (Å²) in [4.78, 5) is 46.2. The maximum atomic E-state index is 12.7. The predicted molar refractivity (Wildman–Crippen MR) is 129 cm³/mol. The molecule has 0 atom stereocenters. The van der Waals surface area contributed by atoms with E-state index in [0.29, 0.717) is 21.7 Å². The van der Waals surface area contributed by atoms with Gasteiger partial charge in [-0.25, -0.2) is 9.97 Å². The van der Waals surface area contributed by atoms with Crippen molar-refractivity contribution in [1.82, 2.24) is 14.5 Å². The number of thioether (sulfide) groups is 1. The Hall–Kier alpha value is -3.70. The van der Waals surface area contributed by atoms with Gasteiger partial charge in [-0.15, -0.1) is 0 Å². The van der Waals surface area contributed by atoms with E-state index in [1.54, 1.807) is 24.3 Å². The molecule has 11 heteroatoms. The molecule has 2 heterocycles. The van der Waals surface area contributed by atoms with Gasteiger partial charge in [-0.2, -0.15) is 0 Å². The molecule has 2 aromatic heterocycles. The minimum absolute atomic E-state index is 0.0307. The van der Waals surface area contributed by atoms with Gasteiger partial charge < -0.3 is 15.4 Å². The third-order valence-electron chi connectivity index (χ3n) is 4.60. The predicted octanol–water partition coefficient (Wildman–Crippen LogP) is 3.38. The SMILES string of the molecule is COc1ccccc1NC(=O)c1cnc(SCC(=O)Nc2nc3ccccc3s2)n(C)c1=O. The van der Waals surface area contributed by atoms with Crippen LogP contribution in [0.2, 0.25) is 0 Å². The second kappa shape index (κ2) is 9.84. The van der Waals surface area contributed by atoms with E-state index in [0.717, 1.165) is 22.0 Å². The first kappa shape index (κ1) is 22.5. The number of anilines is 2. The van der Waals surface area contributed by atoms with E-state index in [9.17, 15) is 14.4 Å². The van der Waals surface area contributed by atoms with E-state index < -0.39 is 11.5 Å². The Bertz CT molecular complexity index is 1370. The molecule has 2 N–H and O–H groups in total. The summed E-state index contributed by atoms with van der Waals surface area (Å²) in [6, 6.07) is 14.5. The maximum absolute atomic E-state index is 12.7. The topological polar surface area (TPSA) is 115 Å². The molecule has 4 rings (SSSR count). The molecule has 2 amide bonds. The van der Waals surface area contributed by atoms with E-state index >= 15 is 0 Å². The molecule has 0 spiro atoms. The van der Waals surface area contributed by atoms with Crippen molar-refractivity contribution < 1.29 is 14.3 Å². The molecule has 0 unspecified atom stereocenters. The Balaban J connectivity index is 1.41. The first-order chi connectivity index (χ1) is 16.0. The van der Waals surface area contributed by atoms with Crippen LogP contribution in [0.5, 0.6) is 5.75 Å². The van der Waals surface area contributed by atoms with Crippen molar-refractivity contribution in [3.8, 4) is 5.75 Å². The van der Waals surface area contributed by atoms with Crippen molar-refractivity contribution in [3.05, 3.63) is 70.6 Å². The zero-order valence-electron chi connectivity index (χ0n) is 17.7. The third-order valence-corrected chi connectivity index (χ3v) is 6.59. The first-order valence-corrected chi connectivity index (χ1v) is 11.5. The number of thiazole rings is 1. The highest BCUT2D eigenvalue weighted by molar-refractivity contribution is 7.99. The summed E-state index contributed by atoms with van der Waals surface area (Å²) in [5, 5.41) is 6.24. The molecule has 9 nitrogen and oxygen atoms in total. The number of fused-ring (bicyclic) bond motifs is 1. The Kier molecular flexibility index (Phi) is 6.71. The lowest BCUT2D eigenvalue weighted by Crippen LogP contribution is -2.29. The Labute approximate surface area is 196 Å². The number of methoxy groups -OCH3 is 1. The summed E-state index contributed by atoms with van der Waals surface area (Å²) < 4.78 is 7.43. The molecule has 0 aliphatic rings. The van der Waals surface area contributed by atoms with Crippen LogP contribution in [0.15, 0.2) is 64.7 Å². The van der Waals surface area contributed by atoms with E-state index in [2.05, 4.69) is 20.6 Å². The lowest BCUT2D eigenvalue weighted by atomic mass is 10.2. The molecular formula is C22H19N5O4S2. The van der Waals surface area contributed by atoms with Crippen LogP contribution in [0.25, 0.3) is 10.2 Å². The van der Waals surface area contributed by atoms with E-state index in [4.69, 9.17) is 4.74 Å². The molecule has 168 valence electrons. The number of benzene rings is 2. The molecule has 0 aliphatic carbocycles. The highest BCUT2D eigenvalue weighted by Gasteiger charge is 2.17. The molecule has 0 bridgehead atoms. The van der Waals surface area contributed by atoms with Gasteiger partial charge in [0.25, 0.3) is 11.5 Å². The number of hydrogen-bond acceptors (Lipinski definition) is 8. The van der Waals surface area contributed by atoms with Crippen molar-refractivity contribution in [2.75, 3.05) is 23.5 Å². The van der Waals surface area contributed by atoms with Crippen LogP contribution in [0.1, 0.15) is 10.4 Å². The van der Waals surface area contributed by atoms with Gasteiger partial charge in [-0.1, -0.05) is 47.4 Å². The fourth-order valence-electron chi connectivity index (χ4n) is 2.97. The smallest absolute Gasteiger partial charge is 0.266 e. The quantitative estimate of drug-likeness (QED) is 0.307. The van der Waals surface area contributed by atoms with Crippen LogP contribution < -0.4 is 20.9 Å². The Morgan fingerprint density at radius 1 is 1.12 bits per heavy atom. The molecule has 0 saturated heterocycles. The van der Waals surface area contributed by atoms with Crippen molar-refractivity contribution in [2.45, 2.75) is 5.16 Å². The second-order valence-corrected chi connectivity index (χ2v) is 8.77. The molecule has 2 aromatic carbocycles. The molecule has 33 heavy (non-hydrogen) atoms. The normalized spacial score (nSPS) is 10.7. The molecule has 0 radical (unpaired) electrons. The number of ether oxygens (including phenoxy) is 1. The molecule has 0 aliphatic heterocycles. The van der Waals surface area contributed by atoms with E-state index in [1.165, 1.54) is 36.3 Å². The Morgan fingerprint density at radius 3 is 2.67 bits per heavy atom. The van der Waals surface area contributed by atoms with Crippen LogP contribution in [0.3, 0.4) is 0 Å². The standard InChI is InChI=1S/C22H19N5O4S2/c1-27-20(30)13(19(29)24-14-7-3-5-9-16(14)31-2)11-23-22(27)32-12-18(28)26-21-25-15-8-4-6-10-17(15)33-21/h3-11H,12H2,1-2H3,(H,24,29)(H,25,26,28). The van der Waals surface area contributed by atoms with Gasteiger partial charge >= 0.3 is 0 Å². The third kappa shape index (κ3) is 5.04. The molecular weight excluding hydrogens is 462 g/mol. The highest BCUT2D eigenvalue weighted by Crippen LogP contribution is 2.26. The van der Waals surface area contributed by atoms with Gasteiger partial charge in [-0.05, 0) is 24.3 Å². The molecule has 0 saturated carbocycles. The maximum Gasteiger partial charge on any atom is 0.266 e. The van der Waals surface area contributed by atoms with Crippen molar-refractivity contribution >= 4 is 55.9 Å². The van der Waals surface area contributed by atoms with Crippen LogP contribution in [-0.4, -0.2) is 39.2 Å². The first-order valence-electron chi connectivity index (χ1n) is 9.75. The van der Waals surface area contributed by atoms with Crippen LogP contribution in [-0.2, 0) is 11.8 Å². The summed E-state index contributed by atoms with van der Waals surface area (Å²) in [7, 11) is 2.99. The number of carbonyl (C=O) groups is 2. The number of para-hydroxylation sites is 3. The van der Waals surface area contributed by atoms with Gasteiger partial charge in [0.15, 0.2) is 10.3 Å². The average Bonchev–Trinajstić information content (AvgIpc) is 3.22. The number of carbonyl (C=O) groups excluding carboxylic acids is 2. The number of nitrogens with one attached hydrogen (secondary N) is 2. The van der Waals surface area contributed by atoms with E-state index in [1.807, 2.05) is 24.3 Å². The molecule has 0 fully saturated rings. The van der Waals surface area contributed by atoms with Crippen LogP contribution >= 0.6 is 23.1 Å². The fourth-order valence-corrected chi connectivity index (χ4v) is 4.59. The largest absolute Gasteiger partial charge is 0.495 e. The van der Waals surface area contributed by atoms with Crippen LogP contribution in [0, 0.1) is 0 Å². The van der Waals surface area contributed by atoms with Crippen LogP contribution in [0.4, 0.5) is 10.8 Å². The lowest BCUT2D eigenvalue weighted by Gasteiger charge is -2.11. The summed E-state index contributed by atoms with van der Waals surface area (Å²) in [6.45, 7) is 0. The van der Waals surface area contributed by atoms with Gasteiger partial charge in [-0.3, -0.25) is 19.0 Å². The average molecular weight is 482 g/mol. The second-order valence-electron chi connectivity index (χ2n) is 6.80. The Morgan fingerprint density at radius 2 is 1.88 bits per heavy atom. The lowest BCUT2D eigenvalue weighted by molar-refractivity contribution is -0.113. The van der Waals surface area contributed by atoms with Crippen molar-refractivity contribution in [1.29, 1.82) is 0 Å². The van der Waals surface area contributed by atoms with Gasteiger partial charge in [0.05, 0.1) is 28.8 Å².